The second-order valence-electron chi connectivity index (χ2n) is 9.36. The van der Waals surface area contributed by atoms with Crippen LogP contribution in [0, 0.1) is 0 Å². The van der Waals surface area contributed by atoms with Gasteiger partial charge in [0.1, 0.15) is 5.01 Å². The second-order valence-corrected chi connectivity index (χ2v) is 12.6. The first-order valence-corrected chi connectivity index (χ1v) is 15.3. The van der Waals surface area contributed by atoms with Gasteiger partial charge in [0.15, 0.2) is 15.1 Å². The number of fused-ring (bicyclic) bond motifs is 1. The minimum absolute atomic E-state index is 0.0846. The van der Waals surface area contributed by atoms with E-state index >= 15 is 0 Å². The normalized spacial score (nSPS) is 14.1. The molecule has 0 spiro atoms. The van der Waals surface area contributed by atoms with Crippen molar-refractivity contribution in [2.75, 3.05) is 46.3 Å². The van der Waals surface area contributed by atoms with Gasteiger partial charge in [-0.1, -0.05) is 18.2 Å². The summed E-state index contributed by atoms with van der Waals surface area (Å²) in [5.41, 5.74) is 2.55. The van der Waals surface area contributed by atoms with E-state index in [1.54, 1.807) is 37.4 Å². The van der Waals surface area contributed by atoms with E-state index in [9.17, 15) is 22.8 Å². The number of nitrogens with one attached hydrogen (secondary N) is 3. The number of hydrogen-bond donors (Lipinski definition) is 3. The standard InChI is InChI=1S/C27H32N4O7S2/c1-37-11-10-28-25(33)19-5-3-4-17(14-19)18-6-9-22-21(15-18)31-27(39-22)24(40(35,36)13-12-38-2)26(34)29-16-23(32)30-20-7-8-20/h3-6,9,14-15,20,24H,7-8,10-13,16H2,1-2H3,(H,28,33)(H,29,34)(H,30,32). The van der Waals surface area contributed by atoms with Gasteiger partial charge in [-0.15, -0.1) is 11.3 Å². The molecule has 0 radical (unpaired) electrons. The van der Waals surface area contributed by atoms with Crippen molar-refractivity contribution in [2.24, 2.45) is 0 Å². The van der Waals surface area contributed by atoms with Gasteiger partial charge in [-0.3, -0.25) is 14.4 Å². The molecule has 1 aliphatic rings. The summed E-state index contributed by atoms with van der Waals surface area (Å²) in [7, 11) is -1.06. The Balaban J connectivity index is 1.59. The summed E-state index contributed by atoms with van der Waals surface area (Å²) in [5.74, 6) is -1.78. The van der Waals surface area contributed by atoms with Crippen molar-refractivity contribution in [3.8, 4) is 11.1 Å². The molecule has 3 amide bonds. The largest absolute Gasteiger partial charge is 0.384 e. The number of ether oxygens (including phenoxy) is 2. The van der Waals surface area contributed by atoms with E-state index in [0.717, 1.165) is 35.3 Å². The fourth-order valence-corrected chi connectivity index (χ4v) is 6.88. The fourth-order valence-electron chi connectivity index (χ4n) is 3.96. The molecular weight excluding hydrogens is 556 g/mol. The third-order valence-electron chi connectivity index (χ3n) is 6.21. The average molecular weight is 589 g/mol. The molecule has 40 heavy (non-hydrogen) atoms. The first-order chi connectivity index (χ1) is 19.2. The maximum atomic E-state index is 13.2. The van der Waals surface area contributed by atoms with Crippen LogP contribution in [0.25, 0.3) is 21.3 Å². The number of nitrogens with zero attached hydrogens (tertiary/aromatic N) is 1. The Morgan fingerprint density at radius 3 is 2.50 bits per heavy atom. The number of thiazole rings is 1. The molecule has 1 unspecified atom stereocenters. The molecule has 3 N–H and O–H groups in total. The van der Waals surface area contributed by atoms with Crippen molar-refractivity contribution in [3.63, 3.8) is 0 Å². The lowest BCUT2D eigenvalue weighted by Gasteiger charge is -2.15. The monoisotopic (exact) mass is 588 g/mol. The molecule has 1 saturated carbocycles. The van der Waals surface area contributed by atoms with E-state index in [-0.39, 0.29) is 41.8 Å². The summed E-state index contributed by atoms with van der Waals surface area (Å²) in [4.78, 5) is 42.2. The molecule has 3 aromatic rings. The summed E-state index contributed by atoms with van der Waals surface area (Å²) >= 11 is 1.10. The highest BCUT2D eigenvalue weighted by atomic mass is 32.2. The van der Waals surface area contributed by atoms with Crippen LogP contribution in [0.5, 0.6) is 0 Å². The topological polar surface area (TPSA) is 153 Å². The minimum atomic E-state index is -4.00. The SMILES string of the molecule is COCCNC(=O)c1cccc(-c2ccc3sc(C(C(=O)NCC(=O)NC4CC4)S(=O)(=O)CCOC)nc3c2)c1. The molecule has 1 aliphatic carbocycles. The van der Waals surface area contributed by atoms with Gasteiger partial charge in [0, 0.05) is 32.4 Å². The molecule has 4 rings (SSSR count). The highest BCUT2D eigenvalue weighted by molar-refractivity contribution is 7.92. The number of sulfone groups is 1. The molecule has 0 aliphatic heterocycles. The summed E-state index contributed by atoms with van der Waals surface area (Å²) < 4.78 is 37.0. The van der Waals surface area contributed by atoms with Crippen LogP contribution in [-0.4, -0.2) is 83.4 Å². The zero-order valence-corrected chi connectivity index (χ0v) is 23.9. The molecular formula is C27H32N4O7S2. The van der Waals surface area contributed by atoms with Crippen LogP contribution in [0.4, 0.5) is 0 Å². The quantitative estimate of drug-likeness (QED) is 0.241. The van der Waals surface area contributed by atoms with Crippen LogP contribution >= 0.6 is 11.3 Å². The zero-order valence-electron chi connectivity index (χ0n) is 22.3. The Hall–Kier alpha value is -3.39. The van der Waals surface area contributed by atoms with Crippen molar-refractivity contribution in [1.82, 2.24) is 20.9 Å². The summed E-state index contributed by atoms with van der Waals surface area (Å²) in [6.45, 7) is 0.386. The maximum Gasteiger partial charge on any atom is 0.251 e. The molecule has 0 bridgehead atoms. The molecule has 1 fully saturated rings. The lowest BCUT2D eigenvalue weighted by Crippen LogP contribution is -2.41. The average Bonchev–Trinajstić information content (AvgIpc) is 3.66. The van der Waals surface area contributed by atoms with E-state index in [2.05, 4.69) is 20.9 Å². The van der Waals surface area contributed by atoms with E-state index in [1.165, 1.54) is 7.11 Å². The summed E-state index contributed by atoms with van der Waals surface area (Å²) in [5, 5.41) is 6.53. The summed E-state index contributed by atoms with van der Waals surface area (Å²) in [6.07, 6.45) is 1.79. The number of aromatic nitrogens is 1. The molecule has 13 heteroatoms. The van der Waals surface area contributed by atoms with Gasteiger partial charge in [0.25, 0.3) is 5.91 Å². The van der Waals surface area contributed by atoms with E-state index in [1.807, 2.05) is 12.1 Å². The number of amides is 3. The van der Waals surface area contributed by atoms with Gasteiger partial charge in [-0.25, -0.2) is 13.4 Å². The van der Waals surface area contributed by atoms with Gasteiger partial charge < -0.3 is 25.4 Å². The van der Waals surface area contributed by atoms with Gasteiger partial charge in [-0.2, -0.15) is 0 Å². The number of hydrogen-bond acceptors (Lipinski definition) is 9. The Bertz CT molecular complexity index is 1490. The van der Waals surface area contributed by atoms with Crippen LogP contribution in [-0.2, 0) is 28.9 Å². The molecule has 0 saturated heterocycles. The molecule has 11 nitrogen and oxygen atoms in total. The Morgan fingerprint density at radius 1 is 1.02 bits per heavy atom. The van der Waals surface area contributed by atoms with Gasteiger partial charge in [0.2, 0.25) is 11.8 Å². The van der Waals surface area contributed by atoms with E-state index in [0.29, 0.717) is 28.9 Å². The first kappa shape index (κ1) is 29.6. The summed E-state index contributed by atoms with van der Waals surface area (Å²) in [6, 6.07) is 12.7. The smallest absolute Gasteiger partial charge is 0.251 e. The van der Waals surface area contributed by atoms with Crippen molar-refractivity contribution in [2.45, 2.75) is 24.1 Å². The zero-order chi connectivity index (χ0) is 28.7. The number of benzene rings is 2. The molecule has 1 aromatic heterocycles. The van der Waals surface area contributed by atoms with Crippen molar-refractivity contribution < 1.29 is 32.3 Å². The minimum Gasteiger partial charge on any atom is -0.384 e. The van der Waals surface area contributed by atoms with Gasteiger partial charge in [0.05, 0.1) is 35.7 Å². The molecule has 214 valence electrons. The predicted molar refractivity (Wildman–Crippen MR) is 152 cm³/mol. The lowest BCUT2D eigenvalue weighted by molar-refractivity contribution is -0.126. The Kier molecular flexibility index (Phi) is 9.85. The van der Waals surface area contributed by atoms with Crippen LogP contribution in [0.3, 0.4) is 0 Å². The van der Waals surface area contributed by atoms with Crippen LogP contribution in [0.1, 0.15) is 33.5 Å². The molecule has 1 atom stereocenters. The highest BCUT2D eigenvalue weighted by Crippen LogP contribution is 2.34. The predicted octanol–water partition coefficient (Wildman–Crippen LogP) is 1.84. The van der Waals surface area contributed by atoms with Crippen molar-refractivity contribution in [3.05, 3.63) is 53.0 Å². The molecule has 1 heterocycles. The van der Waals surface area contributed by atoms with Crippen LogP contribution < -0.4 is 16.0 Å². The third-order valence-corrected chi connectivity index (χ3v) is 9.35. The van der Waals surface area contributed by atoms with Gasteiger partial charge in [-0.05, 0) is 48.2 Å². The fraction of sp³-hybridized carbons (Fsp3) is 0.407. The van der Waals surface area contributed by atoms with Crippen molar-refractivity contribution >= 4 is 49.1 Å². The highest BCUT2D eigenvalue weighted by Gasteiger charge is 2.37. The second kappa shape index (κ2) is 13.3. The third kappa shape index (κ3) is 7.62. The number of rotatable bonds is 14. The Morgan fingerprint density at radius 2 is 1.77 bits per heavy atom. The van der Waals surface area contributed by atoms with Crippen LogP contribution in [0.2, 0.25) is 0 Å². The Labute approximate surface area is 236 Å². The van der Waals surface area contributed by atoms with E-state index < -0.39 is 21.0 Å². The van der Waals surface area contributed by atoms with Gasteiger partial charge >= 0.3 is 0 Å². The number of carbonyl (C=O) groups is 3. The molecule has 2 aromatic carbocycles. The van der Waals surface area contributed by atoms with E-state index in [4.69, 9.17) is 9.47 Å². The van der Waals surface area contributed by atoms with Crippen molar-refractivity contribution in [1.29, 1.82) is 0 Å². The van der Waals surface area contributed by atoms with Crippen LogP contribution in [0.15, 0.2) is 42.5 Å². The number of carbonyl (C=O) groups excluding carboxylic acids is 3. The lowest BCUT2D eigenvalue weighted by atomic mass is 10.0. The maximum absolute atomic E-state index is 13.2. The first-order valence-electron chi connectivity index (χ1n) is 12.8. The number of methoxy groups -OCH3 is 2.